The highest BCUT2D eigenvalue weighted by atomic mass is 32.2. The number of anilines is 1. The van der Waals surface area contributed by atoms with E-state index in [0.29, 0.717) is 5.75 Å². The number of nitrogens with zero attached hydrogens (tertiary/aromatic N) is 1. The molecule has 0 bridgehead atoms. The van der Waals surface area contributed by atoms with E-state index < -0.39 is 0 Å². The smallest absolute Gasteiger partial charge is 0.262 e. The van der Waals surface area contributed by atoms with Gasteiger partial charge < -0.3 is 10.1 Å². The predicted molar refractivity (Wildman–Crippen MR) is 129 cm³/mol. The average molecular weight is 448 g/mol. The van der Waals surface area contributed by atoms with Gasteiger partial charge in [0.2, 0.25) is 0 Å². The summed E-state index contributed by atoms with van der Waals surface area (Å²) in [7, 11) is 0. The summed E-state index contributed by atoms with van der Waals surface area (Å²) in [5, 5.41) is 6.54. The Bertz CT molecular complexity index is 1050. The summed E-state index contributed by atoms with van der Waals surface area (Å²) in [5.41, 5.74) is 5.21. The van der Waals surface area contributed by atoms with Gasteiger partial charge in [0.15, 0.2) is 6.61 Å². The molecule has 6 nitrogen and oxygen atoms in total. The van der Waals surface area contributed by atoms with E-state index in [1.54, 1.807) is 30.5 Å². The Kier molecular flexibility index (Phi) is 8.45. The Hall–Kier alpha value is -3.58. The van der Waals surface area contributed by atoms with Crippen LogP contribution in [-0.2, 0) is 9.59 Å². The minimum absolute atomic E-state index is 0.0889. The van der Waals surface area contributed by atoms with E-state index in [9.17, 15) is 9.59 Å². The fourth-order valence-corrected chi connectivity index (χ4v) is 3.53. The van der Waals surface area contributed by atoms with Crippen LogP contribution in [0, 0.1) is 6.92 Å². The van der Waals surface area contributed by atoms with E-state index in [1.807, 2.05) is 68.4 Å². The van der Waals surface area contributed by atoms with Gasteiger partial charge >= 0.3 is 0 Å². The molecular weight excluding hydrogens is 422 g/mol. The summed E-state index contributed by atoms with van der Waals surface area (Å²) in [6.45, 7) is 3.74. The lowest BCUT2D eigenvalue weighted by Gasteiger charge is -2.09. The average Bonchev–Trinajstić information content (AvgIpc) is 2.80. The van der Waals surface area contributed by atoms with Crippen LogP contribution in [0.25, 0.3) is 0 Å². The van der Waals surface area contributed by atoms with E-state index in [2.05, 4.69) is 15.8 Å². The summed E-state index contributed by atoms with van der Waals surface area (Å²) in [6.07, 6.45) is 1.56. The molecule has 0 saturated carbocycles. The molecule has 3 rings (SSSR count). The number of carbonyl (C=O) groups excluding carboxylic acids is 2. The van der Waals surface area contributed by atoms with Gasteiger partial charge in [-0.3, -0.25) is 9.59 Å². The zero-order valence-electron chi connectivity index (χ0n) is 17.9. The Balaban J connectivity index is 1.41. The fourth-order valence-electron chi connectivity index (χ4n) is 2.65. The van der Waals surface area contributed by atoms with Crippen LogP contribution in [0.2, 0.25) is 0 Å². The van der Waals surface area contributed by atoms with Gasteiger partial charge in [-0.15, -0.1) is 11.8 Å². The van der Waals surface area contributed by atoms with E-state index >= 15 is 0 Å². The number of ether oxygens (including phenoxy) is 1. The number of nitrogens with one attached hydrogen (secondary N) is 2. The first-order chi connectivity index (χ1) is 15.5. The molecule has 1 atom stereocenters. The topological polar surface area (TPSA) is 79.8 Å². The third-order valence-electron chi connectivity index (χ3n) is 4.40. The van der Waals surface area contributed by atoms with Gasteiger partial charge in [0, 0.05) is 10.6 Å². The van der Waals surface area contributed by atoms with Crippen molar-refractivity contribution < 1.29 is 14.3 Å². The monoisotopic (exact) mass is 447 g/mol. The molecule has 0 aliphatic rings. The molecule has 0 heterocycles. The highest BCUT2D eigenvalue weighted by molar-refractivity contribution is 8.00. The Morgan fingerprint density at radius 2 is 1.69 bits per heavy atom. The van der Waals surface area contributed by atoms with E-state index in [1.165, 1.54) is 11.8 Å². The van der Waals surface area contributed by atoms with Crippen molar-refractivity contribution in [3.63, 3.8) is 0 Å². The second kappa shape index (κ2) is 11.7. The second-order valence-electron chi connectivity index (χ2n) is 7.08. The minimum atomic E-state index is -0.267. The number of hydrazone groups is 1. The first-order valence-electron chi connectivity index (χ1n) is 10.1. The van der Waals surface area contributed by atoms with Crippen LogP contribution in [0.1, 0.15) is 18.1 Å². The van der Waals surface area contributed by atoms with Crippen LogP contribution < -0.4 is 15.5 Å². The molecule has 3 aromatic rings. The maximum atomic E-state index is 12.2. The third kappa shape index (κ3) is 7.59. The Morgan fingerprint density at radius 1 is 1.00 bits per heavy atom. The predicted octanol–water partition coefficient (Wildman–Crippen LogP) is 4.64. The molecule has 2 amide bonds. The second-order valence-corrected chi connectivity index (χ2v) is 8.49. The molecule has 0 aliphatic carbocycles. The van der Waals surface area contributed by atoms with Crippen LogP contribution in [0.15, 0.2) is 88.9 Å². The zero-order valence-corrected chi connectivity index (χ0v) is 18.8. The van der Waals surface area contributed by atoms with Gasteiger partial charge in [0.1, 0.15) is 5.75 Å². The van der Waals surface area contributed by atoms with Crippen LogP contribution in [-0.4, -0.2) is 29.9 Å². The lowest BCUT2D eigenvalue weighted by Crippen LogP contribution is -2.26. The third-order valence-corrected chi connectivity index (χ3v) is 5.51. The summed E-state index contributed by atoms with van der Waals surface area (Å²) in [6, 6.07) is 24.4. The van der Waals surface area contributed by atoms with Gasteiger partial charge in [0.05, 0.1) is 11.5 Å². The summed E-state index contributed by atoms with van der Waals surface area (Å²) in [5.74, 6) is 0.164. The van der Waals surface area contributed by atoms with Crippen LogP contribution >= 0.6 is 11.8 Å². The van der Waals surface area contributed by atoms with Crippen molar-refractivity contribution in [1.29, 1.82) is 0 Å². The number of aryl methyl sites for hydroxylation is 1. The van der Waals surface area contributed by atoms with Crippen molar-refractivity contribution in [1.82, 2.24) is 5.43 Å². The molecule has 164 valence electrons. The number of benzene rings is 3. The molecule has 0 spiro atoms. The molecule has 0 radical (unpaired) electrons. The maximum Gasteiger partial charge on any atom is 0.262 e. The van der Waals surface area contributed by atoms with Gasteiger partial charge in [0.25, 0.3) is 11.8 Å². The van der Waals surface area contributed by atoms with Crippen molar-refractivity contribution in [3.05, 3.63) is 90.0 Å². The normalized spacial score (nSPS) is 11.7. The highest BCUT2D eigenvalue weighted by Gasteiger charge is 2.13. The zero-order chi connectivity index (χ0) is 22.8. The number of hydrogen-bond acceptors (Lipinski definition) is 5. The molecule has 0 aliphatic heterocycles. The van der Waals surface area contributed by atoms with Gasteiger partial charge in [-0.05, 0) is 67.9 Å². The molecule has 0 saturated heterocycles. The summed E-state index contributed by atoms with van der Waals surface area (Å²) in [4.78, 5) is 25.2. The molecule has 0 fully saturated rings. The quantitative estimate of drug-likeness (QED) is 0.284. The largest absolute Gasteiger partial charge is 0.484 e. The lowest BCUT2D eigenvalue weighted by atomic mass is 10.2. The van der Waals surface area contributed by atoms with Gasteiger partial charge in [-0.2, -0.15) is 5.10 Å². The minimum Gasteiger partial charge on any atom is -0.484 e. The number of thioether (sulfide) groups is 1. The van der Waals surface area contributed by atoms with Crippen LogP contribution in [0.5, 0.6) is 5.75 Å². The van der Waals surface area contributed by atoms with Crippen molar-refractivity contribution in [2.75, 3.05) is 11.9 Å². The van der Waals surface area contributed by atoms with Crippen molar-refractivity contribution in [2.45, 2.75) is 24.0 Å². The maximum absolute atomic E-state index is 12.2. The molecule has 0 aromatic heterocycles. The summed E-state index contributed by atoms with van der Waals surface area (Å²) < 4.78 is 5.52. The highest BCUT2D eigenvalue weighted by Crippen LogP contribution is 2.22. The molecular formula is C25H25N3O3S. The number of rotatable bonds is 9. The molecule has 32 heavy (non-hydrogen) atoms. The Morgan fingerprint density at radius 3 is 2.38 bits per heavy atom. The number of carbonyl (C=O) groups is 2. The van der Waals surface area contributed by atoms with Gasteiger partial charge in [-0.25, -0.2) is 5.43 Å². The van der Waals surface area contributed by atoms with Gasteiger partial charge in [-0.1, -0.05) is 35.9 Å². The van der Waals surface area contributed by atoms with Crippen LogP contribution in [0.3, 0.4) is 0 Å². The van der Waals surface area contributed by atoms with Crippen LogP contribution in [0.4, 0.5) is 5.69 Å². The fraction of sp³-hybridized carbons (Fsp3) is 0.160. The van der Waals surface area contributed by atoms with E-state index in [0.717, 1.165) is 21.7 Å². The van der Waals surface area contributed by atoms with E-state index in [4.69, 9.17) is 4.74 Å². The molecule has 7 heteroatoms. The molecule has 2 N–H and O–H groups in total. The van der Waals surface area contributed by atoms with Crippen molar-refractivity contribution >= 4 is 35.5 Å². The Labute approximate surface area is 192 Å². The van der Waals surface area contributed by atoms with Crippen molar-refractivity contribution in [3.8, 4) is 5.75 Å². The standard InChI is InChI=1S/C25H25N3O3S/c1-18-8-12-21(13-9-18)27-24(29)17-31-22-14-10-20(11-15-22)16-26-28-25(30)19(2)32-23-6-4-3-5-7-23/h3-16,19H,17H2,1-2H3,(H,27,29)(H,28,30)/b26-16-/t19-/m0/s1. The first-order valence-corrected chi connectivity index (χ1v) is 11.0. The number of amides is 2. The lowest BCUT2D eigenvalue weighted by molar-refractivity contribution is -0.120. The molecule has 0 unspecified atom stereocenters. The van der Waals surface area contributed by atoms with E-state index in [-0.39, 0.29) is 23.7 Å². The first kappa shape index (κ1) is 23.1. The summed E-state index contributed by atoms with van der Waals surface area (Å²) >= 11 is 1.47. The SMILES string of the molecule is Cc1ccc(NC(=O)COc2ccc(/C=N\NC(=O)[C@H](C)Sc3ccccc3)cc2)cc1. The number of hydrogen-bond donors (Lipinski definition) is 2. The van der Waals surface area contributed by atoms with Crippen molar-refractivity contribution in [2.24, 2.45) is 5.10 Å². The molecule has 3 aromatic carbocycles.